The monoisotopic (exact) mass is 414 g/mol. The minimum atomic E-state index is -0.356. The number of carbonyl (C=O) groups excluding carboxylic acids is 2. The molecule has 0 radical (unpaired) electrons. The topological polar surface area (TPSA) is 101 Å². The minimum absolute atomic E-state index is 0.00898. The summed E-state index contributed by atoms with van der Waals surface area (Å²) in [4.78, 5) is 25.2. The highest BCUT2D eigenvalue weighted by molar-refractivity contribution is 5.87. The lowest BCUT2D eigenvalue weighted by Crippen LogP contribution is -2.43. The third kappa shape index (κ3) is 4.78. The van der Waals surface area contributed by atoms with Crippen LogP contribution in [-0.4, -0.2) is 33.2 Å². The molecule has 1 aliphatic heterocycles. The van der Waals surface area contributed by atoms with Gasteiger partial charge in [-0.25, -0.2) is 10.3 Å². The van der Waals surface area contributed by atoms with Crippen LogP contribution in [0.5, 0.6) is 0 Å². The van der Waals surface area contributed by atoms with Gasteiger partial charge in [0.15, 0.2) is 0 Å². The Labute approximate surface area is 178 Å². The fourth-order valence-electron chi connectivity index (χ4n) is 4.73. The Morgan fingerprint density at radius 1 is 1.20 bits per heavy atom. The Morgan fingerprint density at radius 2 is 1.93 bits per heavy atom. The first-order chi connectivity index (χ1) is 14.4. The molecule has 1 aromatic heterocycles. The molecule has 1 aliphatic rings. The summed E-state index contributed by atoms with van der Waals surface area (Å²) >= 11 is 0. The van der Waals surface area contributed by atoms with Gasteiger partial charge >= 0.3 is 6.03 Å². The van der Waals surface area contributed by atoms with Crippen molar-refractivity contribution < 1.29 is 14.8 Å². The molecule has 30 heavy (non-hydrogen) atoms. The van der Waals surface area contributed by atoms with Crippen LogP contribution in [0.2, 0.25) is 0 Å². The van der Waals surface area contributed by atoms with E-state index in [0.29, 0.717) is 18.9 Å². The number of unbranched alkanes of at least 4 members (excludes halogenated alkanes) is 3. The highest BCUT2D eigenvalue weighted by Gasteiger charge is 2.34. The molecule has 1 aromatic carbocycles. The van der Waals surface area contributed by atoms with Crippen molar-refractivity contribution in [3.63, 3.8) is 0 Å². The van der Waals surface area contributed by atoms with E-state index in [1.54, 1.807) is 5.48 Å². The van der Waals surface area contributed by atoms with Gasteiger partial charge in [0.2, 0.25) is 5.91 Å². The molecular formula is C23H34N4O3. The third-order valence-electron chi connectivity index (χ3n) is 6.01. The van der Waals surface area contributed by atoms with Gasteiger partial charge in [-0.15, -0.1) is 0 Å². The number of benzene rings is 1. The van der Waals surface area contributed by atoms with Crippen molar-refractivity contribution in [1.82, 2.24) is 14.9 Å². The van der Waals surface area contributed by atoms with Gasteiger partial charge in [-0.1, -0.05) is 51.3 Å². The lowest BCUT2D eigenvalue weighted by Gasteiger charge is -2.36. The minimum Gasteiger partial charge on any atom is -0.351 e. The van der Waals surface area contributed by atoms with E-state index in [2.05, 4.69) is 42.7 Å². The fourth-order valence-corrected chi connectivity index (χ4v) is 4.73. The zero-order valence-electron chi connectivity index (χ0n) is 18.1. The first kappa shape index (κ1) is 22.2. The quantitative estimate of drug-likeness (QED) is 0.327. The average Bonchev–Trinajstić information content (AvgIpc) is 3.03. The lowest BCUT2D eigenvalue weighted by molar-refractivity contribution is -0.129. The van der Waals surface area contributed by atoms with Crippen LogP contribution < -0.4 is 11.2 Å². The summed E-state index contributed by atoms with van der Waals surface area (Å²) in [5.74, 6) is 0.193. The van der Waals surface area contributed by atoms with Gasteiger partial charge < -0.3 is 15.2 Å². The predicted octanol–water partition coefficient (Wildman–Crippen LogP) is 4.12. The first-order valence-corrected chi connectivity index (χ1v) is 11.0. The maximum absolute atomic E-state index is 12.2. The number of hydrogen-bond donors (Lipinski definition) is 3. The number of fused-ring (bicyclic) bond motifs is 3. The first-order valence-electron chi connectivity index (χ1n) is 11.0. The maximum Gasteiger partial charge on any atom is 0.315 e. The molecule has 2 heterocycles. The number of rotatable bonds is 9. The Hall–Kier alpha value is -2.54. The maximum atomic E-state index is 12.2. The van der Waals surface area contributed by atoms with Gasteiger partial charge in [-0.05, 0) is 24.8 Å². The van der Waals surface area contributed by atoms with E-state index in [-0.39, 0.29) is 18.0 Å². The van der Waals surface area contributed by atoms with Crippen LogP contribution in [0.15, 0.2) is 24.3 Å². The second-order valence-corrected chi connectivity index (χ2v) is 8.67. The SMILES string of the molecule is CC(C)Cn1c2c(c3ccccc31)C(CCCCCCC(=O)NO)N(C(N)=O)CC2. The number of hydroxylamine groups is 1. The number of primary amides is 1. The molecular weight excluding hydrogens is 380 g/mol. The van der Waals surface area contributed by atoms with Crippen molar-refractivity contribution in [3.05, 3.63) is 35.5 Å². The van der Waals surface area contributed by atoms with Crippen molar-refractivity contribution in [2.45, 2.75) is 71.4 Å². The van der Waals surface area contributed by atoms with Crippen molar-refractivity contribution in [1.29, 1.82) is 0 Å². The largest absolute Gasteiger partial charge is 0.351 e. The summed E-state index contributed by atoms with van der Waals surface area (Å²) in [5, 5.41) is 9.80. The molecule has 0 spiro atoms. The van der Waals surface area contributed by atoms with Crippen LogP contribution in [0.1, 0.15) is 69.7 Å². The average molecular weight is 415 g/mol. The van der Waals surface area contributed by atoms with Gasteiger partial charge in [0.25, 0.3) is 0 Å². The number of amides is 3. The summed E-state index contributed by atoms with van der Waals surface area (Å²) in [6.07, 6.45) is 5.61. The lowest BCUT2D eigenvalue weighted by atomic mass is 9.91. The van der Waals surface area contributed by atoms with Crippen LogP contribution in [0, 0.1) is 5.92 Å². The van der Waals surface area contributed by atoms with E-state index in [0.717, 1.165) is 45.1 Å². The van der Waals surface area contributed by atoms with E-state index in [9.17, 15) is 9.59 Å². The molecule has 2 aromatic rings. The van der Waals surface area contributed by atoms with Crippen LogP contribution >= 0.6 is 0 Å². The van der Waals surface area contributed by atoms with Crippen LogP contribution in [0.3, 0.4) is 0 Å². The summed E-state index contributed by atoms with van der Waals surface area (Å²) in [6.45, 7) is 6.08. The van der Waals surface area contributed by atoms with E-state index < -0.39 is 0 Å². The van der Waals surface area contributed by atoms with Gasteiger partial charge in [0, 0.05) is 48.1 Å². The molecule has 0 aliphatic carbocycles. The molecule has 3 amide bonds. The van der Waals surface area contributed by atoms with Crippen molar-refractivity contribution >= 4 is 22.8 Å². The second kappa shape index (κ2) is 9.98. The molecule has 0 fully saturated rings. The third-order valence-corrected chi connectivity index (χ3v) is 6.01. The van der Waals surface area contributed by atoms with E-state index in [1.165, 1.54) is 22.2 Å². The molecule has 0 saturated carbocycles. The molecule has 7 nitrogen and oxygen atoms in total. The molecule has 7 heteroatoms. The Bertz CT molecular complexity index is 890. The van der Waals surface area contributed by atoms with Gasteiger partial charge in [-0.2, -0.15) is 0 Å². The van der Waals surface area contributed by atoms with E-state index in [1.807, 2.05) is 4.90 Å². The van der Waals surface area contributed by atoms with Crippen molar-refractivity contribution in [2.24, 2.45) is 11.7 Å². The molecule has 0 saturated heterocycles. The number of aromatic nitrogens is 1. The Morgan fingerprint density at radius 3 is 2.63 bits per heavy atom. The van der Waals surface area contributed by atoms with Gasteiger partial charge in [0.05, 0.1) is 6.04 Å². The van der Waals surface area contributed by atoms with Crippen molar-refractivity contribution in [3.8, 4) is 0 Å². The molecule has 164 valence electrons. The van der Waals surface area contributed by atoms with E-state index in [4.69, 9.17) is 10.9 Å². The second-order valence-electron chi connectivity index (χ2n) is 8.67. The predicted molar refractivity (Wildman–Crippen MR) is 117 cm³/mol. The van der Waals surface area contributed by atoms with Gasteiger partial charge in [0.1, 0.15) is 0 Å². The standard InChI is InChI=1S/C23H34N4O3/c1-16(2)15-27-18-10-8-7-9-17(18)22-19(26(23(24)29)14-13-20(22)27)11-5-3-4-6-12-21(28)25-30/h7-10,16,19,30H,3-6,11-15H2,1-2H3,(H2,24,29)(H,25,28). The molecule has 4 N–H and O–H groups in total. The Balaban J connectivity index is 1.82. The number of nitrogens with zero attached hydrogens (tertiary/aromatic N) is 2. The van der Waals surface area contributed by atoms with Gasteiger partial charge in [-0.3, -0.25) is 10.0 Å². The zero-order valence-corrected chi connectivity index (χ0v) is 18.1. The summed E-state index contributed by atoms with van der Waals surface area (Å²) in [7, 11) is 0. The normalized spacial score (nSPS) is 16.1. The summed E-state index contributed by atoms with van der Waals surface area (Å²) < 4.78 is 2.44. The summed E-state index contributed by atoms with van der Waals surface area (Å²) in [6, 6.07) is 8.11. The van der Waals surface area contributed by atoms with Crippen LogP contribution in [0.4, 0.5) is 4.79 Å². The summed E-state index contributed by atoms with van der Waals surface area (Å²) in [5.41, 5.74) is 11.3. The number of urea groups is 1. The molecule has 3 rings (SSSR count). The number of nitrogens with one attached hydrogen (secondary N) is 1. The molecule has 1 atom stereocenters. The zero-order chi connectivity index (χ0) is 21.7. The number of para-hydroxylation sites is 1. The smallest absolute Gasteiger partial charge is 0.315 e. The van der Waals surface area contributed by atoms with Crippen molar-refractivity contribution in [2.75, 3.05) is 6.54 Å². The van der Waals surface area contributed by atoms with Crippen LogP contribution in [-0.2, 0) is 17.8 Å². The molecule has 1 unspecified atom stereocenters. The van der Waals surface area contributed by atoms with E-state index >= 15 is 0 Å². The number of hydrogen-bond acceptors (Lipinski definition) is 3. The Kier molecular flexibility index (Phi) is 7.37. The number of carbonyl (C=O) groups is 2. The molecule has 0 bridgehead atoms. The van der Waals surface area contributed by atoms with Crippen LogP contribution in [0.25, 0.3) is 10.9 Å². The fraction of sp³-hybridized carbons (Fsp3) is 0.565. The highest BCUT2D eigenvalue weighted by Crippen LogP contribution is 2.40. The number of nitrogens with two attached hydrogens (primary N) is 1. The highest BCUT2D eigenvalue weighted by atomic mass is 16.5.